The quantitative estimate of drug-likeness (QED) is 0.647. The van der Waals surface area contributed by atoms with Gasteiger partial charge in [0, 0.05) is 0 Å². The molecule has 0 radical (unpaired) electrons. The number of hydrogen-bond acceptors (Lipinski definition) is 2. The van der Waals surface area contributed by atoms with Crippen molar-refractivity contribution in [1.82, 2.24) is 0 Å². The summed E-state index contributed by atoms with van der Waals surface area (Å²) < 4.78 is 0. The number of carbonyl (C=O) groups excluding carboxylic acids is 1. The lowest BCUT2D eigenvalue weighted by molar-refractivity contribution is 0.100. The van der Waals surface area contributed by atoms with Gasteiger partial charge in [-0.2, -0.15) is 0 Å². The van der Waals surface area contributed by atoms with Crippen LogP contribution in [0, 0.1) is 6.92 Å². The SMILES string of the molecule is Cc1ccc(C(N)=O)c(N)c1Cl. The molecule has 4 heteroatoms. The molecule has 0 bridgehead atoms. The molecular weight excluding hydrogens is 176 g/mol. The van der Waals surface area contributed by atoms with Gasteiger partial charge in [-0.05, 0) is 18.6 Å². The third-order valence-corrected chi connectivity index (χ3v) is 2.14. The average molecular weight is 185 g/mol. The van der Waals surface area contributed by atoms with Crippen LogP contribution >= 0.6 is 11.6 Å². The lowest BCUT2D eigenvalue weighted by Gasteiger charge is -2.05. The second-order valence-electron chi connectivity index (χ2n) is 2.52. The van der Waals surface area contributed by atoms with Gasteiger partial charge in [0.15, 0.2) is 0 Å². The Morgan fingerprint density at radius 1 is 1.50 bits per heavy atom. The topological polar surface area (TPSA) is 69.1 Å². The zero-order valence-electron chi connectivity index (χ0n) is 6.60. The molecular formula is C8H9ClN2O. The molecule has 0 spiro atoms. The van der Waals surface area contributed by atoms with Gasteiger partial charge in [-0.3, -0.25) is 4.79 Å². The van der Waals surface area contributed by atoms with Crippen LogP contribution in [0.15, 0.2) is 12.1 Å². The maximum Gasteiger partial charge on any atom is 0.250 e. The summed E-state index contributed by atoms with van der Waals surface area (Å²) in [6.07, 6.45) is 0. The van der Waals surface area contributed by atoms with Crippen LogP contribution in [0.1, 0.15) is 15.9 Å². The molecule has 0 aromatic heterocycles. The molecule has 0 saturated carbocycles. The summed E-state index contributed by atoms with van der Waals surface area (Å²) in [4.78, 5) is 10.8. The smallest absolute Gasteiger partial charge is 0.250 e. The van der Waals surface area contributed by atoms with Crippen LogP contribution in [0.4, 0.5) is 5.69 Å². The van der Waals surface area contributed by atoms with Gasteiger partial charge in [0.05, 0.1) is 16.3 Å². The second-order valence-corrected chi connectivity index (χ2v) is 2.90. The summed E-state index contributed by atoms with van der Waals surface area (Å²) in [6, 6.07) is 3.28. The number of benzene rings is 1. The van der Waals surface area contributed by atoms with E-state index in [2.05, 4.69) is 0 Å². The molecule has 64 valence electrons. The lowest BCUT2D eigenvalue weighted by atomic mass is 10.1. The van der Waals surface area contributed by atoms with Crippen molar-refractivity contribution in [3.05, 3.63) is 28.3 Å². The van der Waals surface area contributed by atoms with Crippen LogP contribution in [0.5, 0.6) is 0 Å². The number of aryl methyl sites for hydroxylation is 1. The Labute approximate surface area is 75.3 Å². The Morgan fingerprint density at radius 3 is 2.58 bits per heavy atom. The summed E-state index contributed by atoms with van der Waals surface area (Å²) in [6.45, 7) is 1.81. The minimum atomic E-state index is -0.561. The van der Waals surface area contributed by atoms with E-state index < -0.39 is 5.91 Å². The molecule has 0 aliphatic rings. The number of hydrogen-bond donors (Lipinski definition) is 2. The predicted octanol–water partition coefficient (Wildman–Crippen LogP) is 1.33. The number of nitrogen functional groups attached to an aromatic ring is 1. The predicted molar refractivity (Wildman–Crippen MR) is 49.1 cm³/mol. The molecule has 3 nitrogen and oxygen atoms in total. The Morgan fingerprint density at radius 2 is 2.08 bits per heavy atom. The third kappa shape index (κ3) is 1.36. The number of halogens is 1. The maximum atomic E-state index is 10.8. The van der Waals surface area contributed by atoms with Crippen molar-refractivity contribution < 1.29 is 4.79 Å². The lowest BCUT2D eigenvalue weighted by Crippen LogP contribution is -2.13. The van der Waals surface area contributed by atoms with Crippen molar-refractivity contribution >= 4 is 23.2 Å². The highest BCUT2D eigenvalue weighted by Gasteiger charge is 2.09. The highest BCUT2D eigenvalue weighted by molar-refractivity contribution is 6.34. The Balaban J connectivity index is 3.36. The average Bonchev–Trinajstić information content (AvgIpc) is 2.00. The zero-order valence-corrected chi connectivity index (χ0v) is 7.35. The summed E-state index contributed by atoms with van der Waals surface area (Å²) in [7, 11) is 0. The molecule has 1 aromatic rings. The van der Waals surface area contributed by atoms with Crippen molar-refractivity contribution in [2.24, 2.45) is 5.73 Å². The van der Waals surface area contributed by atoms with Gasteiger partial charge in [-0.1, -0.05) is 17.7 Å². The van der Waals surface area contributed by atoms with E-state index in [1.165, 1.54) is 0 Å². The Kier molecular flexibility index (Phi) is 2.24. The van der Waals surface area contributed by atoms with Gasteiger partial charge in [-0.15, -0.1) is 0 Å². The van der Waals surface area contributed by atoms with Gasteiger partial charge < -0.3 is 11.5 Å². The first-order valence-electron chi connectivity index (χ1n) is 3.38. The standard InChI is InChI=1S/C8H9ClN2O/c1-4-2-3-5(8(11)12)7(10)6(4)9/h2-3H,10H2,1H3,(H2,11,12). The fraction of sp³-hybridized carbons (Fsp3) is 0.125. The highest BCUT2D eigenvalue weighted by Crippen LogP contribution is 2.25. The molecule has 1 rings (SSSR count). The van der Waals surface area contributed by atoms with Crippen LogP contribution in [-0.4, -0.2) is 5.91 Å². The maximum absolute atomic E-state index is 10.8. The molecule has 0 heterocycles. The van der Waals surface area contributed by atoms with E-state index in [0.717, 1.165) is 5.56 Å². The molecule has 0 aliphatic carbocycles. The molecule has 12 heavy (non-hydrogen) atoms. The Hall–Kier alpha value is -1.22. The first-order chi connectivity index (χ1) is 5.54. The number of amides is 1. The highest BCUT2D eigenvalue weighted by atomic mass is 35.5. The van der Waals surface area contributed by atoms with Gasteiger partial charge in [-0.25, -0.2) is 0 Å². The van der Waals surface area contributed by atoms with Crippen molar-refractivity contribution in [1.29, 1.82) is 0 Å². The number of anilines is 1. The largest absolute Gasteiger partial charge is 0.397 e. The van der Waals surface area contributed by atoms with Crippen LogP contribution in [0.2, 0.25) is 5.02 Å². The number of carbonyl (C=O) groups is 1. The van der Waals surface area contributed by atoms with Crippen molar-refractivity contribution in [2.75, 3.05) is 5.73 Å². The first-order valence-corrected chi connectivity index (χ1v) is 3.76. The van der Waals surface area contributed by atoms with Gasteiger partial charge >= 0.3 is 0 Å². The monoisotopic (exact) mass is 184 g/mol. The Bertz CT molecular complexity index is 336. The molecule has 1 aromatic carbocycles. The van der Waals surface area contributed by atoms with E-state index >= 15 is 0 Å². The van der Waals surface area contributed by atoms with Crippen LogP contribution in [-0.2, 0) is 0 Å². The zero-order chi connectivity index (χ0) is 9.30. The molecule has 0 unspecified atom stereocenters. The second kappa shape index (κ2) is 3.03. The number of primary amides is 1. The minimum Gasteiger partial charge on any atom is -0.397 e. The van der Waals surface area contributed by atoms with E-state index in [-0.39, 0.29) is 11.3 Å². The fourth-order valence-electron chi connectivity index (χ4n) is 0.917. The minimum absolute atomic E-state index is 0.254. The normalized spacial score (nSPS) is 9.83. The van der Waals surface area contributed by atoms with Gasteiger partial charge in [0.2, 0.25) is 0 Å². The van der Waals surface area contributed by atoms with E-state index in [9.17, 15) is 4.79 Å². The first kappa shape index (κ1) is 8.87. The summed E-state index contributed by atoms with van der Waals surface area (Å²) in [5, 5.41) is 0.395. The molecule has 0 aliphatic heterocycles. The fourth-order valence-corrected chi connectivity index (χ4v) is 1.08. The van der Waals surface area contributed by atoms with E-state index in [0.29, 0.717) is 5.02 Å². The molecule has 0 atom stereocenters. The number of nitrogens with two attached hydrogens (primary N) is 2. The summed E-state index contributed by atoms with van der Waals surface area (Å²) in [5.74, 6) is -0.561. The summed E-state index contributed by atoms with van der Waals surface area (Å²) >= 11 is 5.79. The molecule has 1 amide bonds. The van der Waals surface area contributed by atoms with E-state index in [1.54, 1.807) is 12.1 Å². The molecule has 0 fully saturated rings. The van der Waals surface area contributed by atoms with Crippen LogP contribution < -0.4 is 11.5 Å². The van der Waals surface area contributed by atoms with Crippen molar-refractivity contribution in [2.45, 2.75) is 6.92 Å². The van der Waals surface area contributed by atoms with Crippen molar-refractivity contribution in [3.8, 4) is 0 Å². The number of rotatable bonds is 1. The van der Waals surface area contributed by atoms with Crippen LogP contribution in [0.3, 0.4) is 0 Å². The van der Waals surface area contributed by atoms with Gasteiger partial charge in [0.25, 0.3) is 5.91 Å². The molecule has 4 N–H and O–H groups in total. The van der Waals surface area contributed by atoms with Gasteiger partial charge in [0.1, 0.15) is 0 Å². The third-order valence-electron chi connectivity index (χ3n) is 1.64. The van der Waals surface area contributed by atoms with Crippen molar-refractivity contribution in [3.63, 3.8) is 0 Å². The summed E-state index contributed by atoms with van der Waals surface area (Å²) in [5.41, 5.74) is 12.0. The van der Waals surface area contributed by atoms with Crippen LogP contribution in [0.25, 0.3) is 0 Å². The van der Waals surface area contributed by atoms with E-state index in [1.807, 2.05) is 6.92 Å². The molecule has 0 saturated heterocycles. The van der Waals surface area contributed by atoms with E-state index in [4.69, 9.17) is 23.1 Å².